The van der Waals surface area contributed by atoms with Gasteiger partial charge in [0.15, 0.2) is 0 Å². The predicted octanol–water partition coefficient (Wildman–Crippen LogP) is 3.23. The van der Waals surface area contributed by atoms with Crippen molar-refractivity contribution < 1.29 is 0 Å². The molecule has 0 radical (unpaired) electrons. The van der Waals surface area contributed by atoms with Crippen LogP contribution in [0, 0.1) is 11.8 Å². The molecule has 0 amide bonds. The monoisotopic (exact) mass is 248 g/mol. The number of allylic oxidation sites excluding steroid dienone is 4. The van der Waals surface area contributed by atoms with E-state index in [1.54, 1.807) is 0 Å². The topological polar surface area (TPSA) is 24.1 Å². The van der Waals surface area contributed by atoms with E-state index in [2.05, 4.69) is 34.6 Å². The van der Waals surface area contributed by atoms with Crippen molar-refractivity contribution in [3.8, 4) is 11.8 Å². The maximum atomic E-state index is 3.48. The van der Waals surface area contributed by atoms with Crippen molar-refractivity contribution in [2.24, 2.45) is 0 Å². The Morgan fingerprint density at radius 1 is 1.11 bits per heavy atom. The van der Waals surface area contributed by atoms with Gasteiger partial charge in [0.25, 0.3) is 0 Å². The molecule has 2 N–H and O–H groups in total. The van der Waals surface area contributed by atoms with Gasteiger partial charge in [0.1, 0.15) is 0 Å². The number of hydrogen-bond donors (Lipinski definition) is 2. The summed E-state index contributed by atoms with van der Waals surface area (Å²) in [5.74, 6) is 6.06. The lowest BCUT2D eigenvalue weighted by Crippen LogP contribution is -2.17. The molecule has 0 aliphatic heterocycles. The molecule has 0 atom stereocenters. The zero-order chi connectivity index (χ0) is 13.6. The van der Waals surface area contributed by atoms with Crippen LogP contribution in [0.2, 0.25) is 0 Å². The molecule has 1 aliphatic rings. The minimum atomic E-state index is 1.08. The third-order valence-electron chi connectivity index (χ3n) is 2.64. The first-order chi connectivity index (χ1) is 8.86. The molecule has 102 valence electrons. The minimum Gasteiger partial charge on any atom is -0.388 e. The molecular weight excluding hydrogens is 220 g/mol. The molecule has 0 fully saturated rings. The second-order valence-electron chi connectivity index (χ2n) is 4.00. The van der Waals surface area contributed by atoms with Crippen LogP contribution in [-0.4, -0.2) is 20.1 Å². The van der Waals surface area contributed by atoms with E-state index >= 15 is 0 Å². The van der Waals surface area contributed by atoms with Crippen molar-refractivity contribution in [2.45, 2.75) is 46.5 Å². The standard InChI is InChI=1S/C14H22N2.C2H6/c1-3-6-13-7-9-14(10-8-13)16-12-5-4-11-15-2;1-2/h7,9,15-16H,4-5,8,10-12H2,1-2H3;1-2H3. The Balaban J connectivity index is 0.00000137. The summed E-state index contributed by atoms with van der Waals surface area (Å²) >= 11 is 0. The zero-order valence-electron chi connectivity index (χ0n) is 12.4. The van der Waals surface area contributed by atoms with E-state index in [4.69, 9.17) is 0 Å². The van der Waals surface area contributed by atoms with Crippen LogP contribution in [0.1, 0.15) is 46.5 Å². The normalized spacial score (nSPS) is 13.3. The van der Waals surface area contributed by atoms with Crippen molar-refractivity contribution in [1.82, 2.24) is 10.6 Å². The lowest BCUT2D eigenvalue weighted by Gasteiger charge is -2.13. The van der Waals surface area contributed by atoms with E-state index in [1.165, 1.54) is 24.1 Å². The Morgan fingerprint density at radius 3 is 2.39 bits per heavy atom. The van der Waals surface area contributed by atoms with Gasteiger partial charge in [0.05, 0.1) is 0 Å². The highest BCUT2D eigenvalue weighted by atomic mass is 14.9. The third kappa shape index (κ3) is 7.97. The molecular formula is C16H28N2. The van der Waals surface area contributed by atoms with Gasteiger partial charge in [0.2, 0.25) is 0 Å². The van der Waals surface area contributed by atoms with Crippen LogP contribution in [0.5, 0.6) is 0 Å². The van der Waals surface area contributed by atoms with Gasteiger partial charge in [-0.05, 0) is 58.4 Å². The van der Waals surface area contributed by atoms with Crippen molar-refractivity contribution >= 4 is 0 Å². The van der Waals surface area contributed by atoms with Gasteiger partial charge in [-0.3, -0.25) is 0 Å². The first kappa shape index (κ1) is 16.8. The second kappa shape index (κ2) is 12.3. The minimum absolute atomic E-state index is 1.08. The van der Waals surface area contributed by atoms with Gasteiger partial charge in [-0.1, -0.05) is 19.8 Å². The summed E-state index contributed by atoms with van der Waals surface area (Å²) < 4.78 is 0. The van der Waals surface area contributed by atoms with Crippen molar-refractivity contribution in [2.75, 3.05) is 20.1 Å². The van der Waals surface area contributed by atoms with Crippen LogP contribution < -0.4 is 10.6 Å². The Kier molecular flexibility index (Phi) is 11.4. The second-order valence-corrected chi connectivity index (χ2v) is 4.00. The summed E-state index contributed by atoms with van der Waals surface area (Å²) in [6.07, 6.45) is 8.95. The highest BCUT2D eigenvalue weighted by molar-refractivity contribution is 5.35. The highest BCUT2D eigenvalue weighted by Crippen LogP contribution is 2.15. The summed E-state index contributed by atoms with van der Waals surface area (Å²) in [7, 11) is 2.00. The molecule has 0 bridgehead atoms. The van der Waals surface area contributed by atoms with Crippen LogP contribution in [-0.2, 0) is 0 Å². The van der Waals surface area contributed by atoms with E-state index in [-0.39, 0.29) is 0 Å². The quantitative estimate of drug-likeness (QED) is 0.557. The molecule has 0 aromatic rings. The SMILES string of the molecule is CC.CC#CC1=CC=C(NCCCCNC)CC1. The van der Waals surface area contributed by atoms with E-state index in [0.29, 0.717) is 0 Å². The highest BCUT2D eigenvalue weighted by Gasteiger charge is 2.03. The fourth-order valence-corrected chi connectivity index (χ4v) is 1.72. The molecule has 0 aromatic carbocycles. The Bertz CT molecular complexity index is 316. The van der Waals surface area contributed by atoms with Crippen molar-refractivity contribution in [3.63, 3.8) is 0 Å². The molecule has 1 rings (SSSR count). The van der Waals surface area contributed by atoms with Crippen molar-refractivity contribution in [1.29, 1.82) is 0 Å². The third-order valence-corrected chi connectivity index (χ3v) is 2.64. The summed E-state index contributed by atoms with van der Waals surface area (Å²) in [6.45, 7) is 8.08. The van der Waals surface area contributed by atoms with Gasteiger partial charge in [-0.25, -0.2) is 0 Å². The largest absolute Gasteiger partial charge is 0.388 e. The van der Waals surface area contributed by atoms with E-state index in [1.807, 2.05) is 27.8 Å². The van der Waals surface area contributed by atoms with E-state index in [0.717, 1.165) is 25.9 Å². The molecule has 0 saturated carbocycles. The van der Waals surface area contributed by atoms with E-state index < -0.39 is 0 Å². The van der Waals surface area contributed by atoms with Gasteiger partial charge in [0, 0.05) is 17.8 Å². The lowest BCUT2D eigenvalue weighted by molar-refractivity contribution is 0.632. The first-order valence-corrected chi connectivity index (χ1v) is 7.07. The number of rotatable bonds is 6. The fourth-order valence-electron chi connectivity index (χ4n) is 1.72. The molecule has 2 nitrogen and oxygen atoms in total. The molecule has 0 spiro atoms. The molecule has 0 saturated heterocycles. The smallest absolute Gasteiger partial charge is 0.0144 e. The number of nitrogens with one attached hydrogen (secondary N) is 2. The summed E-state index contributed by atoms with van der Waals surface area (Å²) in [5, 5.41) is 6.64. The number of hydrogen-bond acceptors (Lipinski definition) is 2. The Labute approximate surface area is 113 Å². The summed E-state index contributed by atoms with van der Waals surface area (Å²) in [6, 6.07) is 0. The maximum absolute atomic E-state index is 3.48. The van der Waals surface area contributed by atoms with Crippen LogP contribution in [0.4, 0.5) is 0 Å². The van der Waals surface area contributed by atoms with Gasteiger partial charge < -0.3 is 10.6 Å². The fraction of sp³-hybridized carbons (Fsp3) is 0.625. The predicted molar refractivity (Wildman–Crippen MR) is 81.4 cm³/mol. The number of unbranched alkanes of at least 4 members (excludes halogenated alkanes) is 1. The van der Waals surface area contributed by atoms with E-state index in [9.17, 15) is 0 Å². The van der Waals surface area contributed by atoms with Crippen LogP contribution in [0.25, 0.3) is 0 Å². The zero-order valence-corrected chi connectivity index (χ0v) is 12.4. The van der Waals surface area contributed by atoms with Gasteiger partial charge >= 0.3 is 0 Å². The summed E-state index contributed by atoms with van der Waals surface area (Å²) in [4.78, 5) is 0. The Morgan fingerprint density at radius 2 is 1.83 bits per heavy atom. The maximum Gasteiger partial charge on any atom is 0.0144 e. The average Bonchev–Trinajstić information content (AvgIpc) is 2.43. The molecule has 0 heterocycles. The molecule has 2 heteroatoms. The van der Waals surface area contributed by atoms with Crippen molar-refractivity contribution in [3.05, 3.63) is 23.4 Å². The summed E-state index contributed by atoms with van der Waals surface area (Å²) in [5.41, 5.74) is 2.61. The van der Waals surface area contributed by atoms with Crippen LogP contribution in [0.3, 0.4) is 0 Å². The molecule has 1 aliphatic carbocycles. The van der Waals surface area contributed by atoms with Crippen LogP contribution >= 0.6 is 0 Å². The average molecular weight is 248 g/mol. The first-order valence-electron chi connectivity index (χ1n) is 7.07. The van der Waals surface area contributed by atoms with Gasteiger partial charge in [-0.2, -0.15) is 0 Å². The van der Waals surface area contributed by atoms with Crippen LogP contribution in [0.15, 0.2) is 23.4 Å². The molecule has 18 heavy (non-hydrogen) atoms. The molecule has 0 unspecified atom stereocenters. The molecule has 0 aromatic heterocycles. The van der Waals surface area contributed by atoms with Gasteiger partial charge in [-0.15, -0.1) is 5.92 Å². The lowest BCUT2D eigenvalue weighted by atomic mass is 10.0. The Hall–Kier alpha value is -1.20.